The first kappa shape index (κ1) is 12.4. The quantitative estimate of drug-likeness (QED) is 0.792. The molecule has 0 amide bonds. The molecule has 0 aromatic heterocycles. The van der Waals surface area contributed by atoms with Crippen LogP contribution in [0.4, 0.5) is 0 Å². The van der Waals surface area contributed by atoms with E-state index in [9.17, 15) is 0 Å². The van der Waals surface area contributed by atoms with Gasteiger partial charge < -0.3 is 10.2 Å². The Kier molecular flexibility index (Phi) is 4.26. The summed E-state index contributed by atoms with van der Waals surface area (Å²) in [6, 6.07) is 1.57. The fraction of sp³-hybridized carbons (Fsp3) is 1.00. The zero-order valence-electron chi connectivity index (χ0n) is 11.2. The molecule has 0 aromatic carbocycles. The maximum absolute atomic E-state index is 3.56. The smallest absolute Gasteiger partial charge is 0.0118 e. The van der Waals surface area contributed by atoms with Crippen molar-refractivity contribution in [2.45, 2.75) is 58.0 Å². The van der Waals surface area contributed by atoms with Crippen molar-refractivity contribution in [1.29, 1.82) is 0 Å². The van der Waals surface area contributed by atoms with Crippen molar-refractivity contribution in [2.75, 3.05) is 20.1 Å². The van der Waals surface area contributed by atoms with E-state index in [-0.39, 0.29) is 0 Å². The molecular weight excluding hydrogens is 196 g/mol. The minimum absolute atomic E-state index is 0.723. The van der Waals surface area contributed by atoms with Crippen molar-refractivity contribution < 1.29 is 0 Å². The summed E-state index contributed by atoms with van der Waals surface area (Å²) in [5.74, 6) is 1.78. The van der Waals surface area contributed by atoms with Crippen LogP contribution >= 0.6 is 0 Å². The van der Waals surface area contributed by atoms with Crippen molar-refractivity contribution in [3.05, 3.63) is 0 Å². The number of rotatable bonds is 3. The largest absolute Gasteiger partial charge is 0.314 e. The van der Waals surface area contributed by atoms with Gasteiger partial charge in [-0.05, 0) is 51.6 Å². The highest BCUT2D eigenvalue weighted by Gasteiger charge is 2.29. The Bertz CT molecular complexity index is 217. The molecular formula is C14H28N2. The van der Waals surface area contributed by atoms with Crippen molar-refractivity contribution in [2.24, 2.45) is 11.8 Å². The molecule has 2 rings (SSSR count). The third-order valence-electron chi connectivity index (χ3n) is 4.84. The lowest BCUT2D eigenvalue weighted by Gasteiger charge is -2.38. The van der Waals surface area contributed by atoms with Crippen LogP contribution in [0.15, 0.2) is 0 Å². The summed E-state index contributed by atoms with van der Waals surface area (Å²) in [7, 11) is 2.34. The Morgan fingerprint density at radius 1 is 1.12 bits per heavy atom. The molecule has 0 spiro atoms. The molecule has 0 radical (unpaired) electrons. The predicted molar refractivity (Wildman–Crippen MR) is 69.6 cm³/mol. The van der Waals surface area contributed by atoms with Gasteiger partial charge in [0.25, 0.3) is 0 Å². The van der Waals surface area contributed by atoms with Gasteiger partial charge in [0.05, 0.1) is 0 Å². The predicted octanol–water partition coefficient (Wildman–Crippen LogP) is 2.49. The van der Waals surface area contributed by atoms with Gasteiger partial charge in [0, 0.05) is 18.6 Å². The third kappa shape index (κ3) is 2.78. The standard InChI is InChI=1S/C14H28N2/c1-11-6-4-5-7-14(11)16(3)10-13-8-9-15-12(13)2/h11-15H,4-10H2,1-3H3. The third-order valence-corrected chi connectivity index (χ3v) is 4.84. The lowest BCUT2D eigenvalue weighted by Crippen LogP contribution is -2.43. The first-order chi connectivity index (χ1) is 7.68. The molecule has 94 valence electrons. The van der Waals surface area contributed by atoms with Gasteiger partial charge in [-0.1, -0.05) is 19.8 Å². The Morgan fingerprint density at radius 3 is 2.50 bits per heavy atom. The van der Waals surface area contributed by atoms with Gasteiger partial charge in [-0.2, -0.15) is 0 Å². The summed E-state index contributed by atoms with van der Waals surface area (Å²) in [6.07, 6.45) is 7.12. The minimum atomic E-state index is 0.723. The van der Waals surface area contributed by atoms with Crippen molar-refractivity contribution in [1.82, 2.24) is 10.2 Å². The zero-order valence-corrected chi connectivity index (χ0v) is 11.2. The van der Waals surface area contributed by atoms with Gasteiger partial charge in [-0.15, -0.1) is 0 Å². The Balaban J connectivity index is 1.84. The highest BCUT2D eigenvalue weighted by Crippen LogP contribution is 2.28. The van der Waals surface area contributed by atoms with Crippen LogP contribution in [0.1, 0.15) is 46.0 Å². The molecule has 1 saturated heterocycles. The highest BCUT2D eigenvalue weighted by molar-refractivity contribution is 4.86. The Hall–Kier alpha value is -0.0800. The zero-order chi connectivity index (χ0) is 11.5. The fourth-order valence-corrected chi connectivity index (χ4v) is 3.62. The molecule has 0 bridgehead atoms. The van der Waals surface area contributed by atoms with E-state index in [1.807, 2.05) is 0 Å². The van der Waals surface area contributed by atoms with Gasteiger partial charge in [0.1, 0.15) is 0 Å². The van der Waals surface area contributed by atoms with Crippen molar-refractivity contribution >= 4 is 0 Å². The summed E-state index contributed by atoms with van der Waals surface area (Å²) in [4.78, 5) is 2.65. The van der Waals surface area contributed by atoms with Gasteiger partial charge in [-0.25, -0.2) is 0 Å². The number of nitrogens with one attached hydrogen (secondary N) is 1. The highest BCUT2D eigenvalue weighted by atomic mass is 15.1. The molecule has 0 aromatic rings. The summed E-state index contributed by atoms with van der Waals surface area (Å²) in [5.41, 5.74) is 0. The molecule has 1 aliphatic carbocycles. The lowest BCUT2D eigenvalue weighted by molar-refractivity contribution is 0.119. The first-order valence-corrected chi connectivity index (χ1v) is 7.12. The van der Waals surface area contributed by atoms with Crippen LogP contribution in [0.5, 0.6) is 0 Å². The average Bonchev–Trinajstić information content (AvgIpc) is 2.65. The molecule has 2 aliphatic rings. The average molecular weight is 224 g/mol. The second kappa shape index (κ2) is 5.50. The Labute approximate surface area is 101 Å². The van der Waals surface area contributed by atoms with Crippen LogP contribution in [-0.4, -0.2) is 37.1 Å². The SMILES string of the molecule is CC1CCCCC1N(C)CC1CCNC1C. The number of hydrogen-bond donors (Lipinski definition) is 1. The summed E-state index contributed by atoms with van der Waals surface area (Å²) in [5, 5.41) is 3.56. The Morgan fingerprint density at radius 2 is 1.88 bits per heavy atom. The molecule has 16 heavy (non-hydrogen) atoms. The van der Waals surface area contributed by atoms with Crippen LogP contribution in [-0.2, 0) is 0 Å². The number of hydrogen-bond acceptors (Lipinski definition) is 2. The van der Waals surface area contributed by atoms with Gasteiger partial charge in [-0.3, -0.25) is 0 Å². The van der Waals surface area contributed by atoms with E-state index >= 15 is 0 Å². The molecule has 2 nitrogen and oxygen atoms in total. The van der Waals surface area contributed by atoms with E-state index in [0.29, 0.717) is 0 Å². The molecule has 1 N–H and O–H groups in total. The maximum atomic E-state index is 3.56. The summed E-state index contributed by atoms with van der Waals surface area (Å²) < 4.78 is 0. The monoisotopic (exact) mass is 224 g/mol. The van der Waals surface area contributed by atoms with Crippen LogP contribution in [0.25, 0.3) is 0 Å². The van der Waals surface area contributed by atoms with E-state index in [2.05, 4.69) is 31.1 Å². The number of nitrogens with zero attached hydrogens (tertiary/aromatic N) is 1. The molecule has 4 atom stereocenters. The van der Waals surface area contributed by atoms with E-state index in [4.69, 9.17) is 0 Å². The van der Waals surface area contributed by atoms with E-state index < -0.39 is 0 Å². The van der Waals surface area contributed by atoms with Gasteiger partial charge in [0.15, 0.2) is 0 Å². The van der Waals surface area contributed by atoms with E-state index in [0.717, 1.165) is 23.9 Å². The molecule has 1 aliphatic heterocycles. The molecule has 4 unspecified atom stereocenters. The second-order valence-electron chi connectivity index (χ2n) is 6.06. The van der Waals surface area contributed by atoms with Gasteiger partial charge >= 0.3 is 0 Å². The van der Waals surface area contributed by atoms with Crippen LogP contribution in [0.2, 0.25) is 0 Å². The molecule has 1 heterocycles. The molecule has 2 fully saturated rings. The maximum Gasteiger partial charge on any atom is 0.0118 e. The minimum Gasteiger partial charge on any atom is -0.314 e. The summed E-state index contributed by atoms with van der Waals surface area (Å²) in [6.45, 7) is 7.30. The summed E-state index contributed by atoms with van der Waals surface area (Å²) >= 11 is 0. The van der Waals surface area contributed by atoms with Crippen LogP contribution in [0.3, 0.4) is 0 Å². The normalized spacial score (nSPS) is 40.5. The van der Waals surface area contributed by atoms with Gasteiger partial charge in [0.2, 0.25) is 0 Å². The molecule has 2 heteroatoms. The van der Waals surface area contributed by atoms with Crippen LogP contribution in [0, 0.1) is 11.8 Å². The topological polar surface area (TPSA) is 15.3 Å². The van der Waals surface area contributed by atoms with E-state index in [1.165, 1.54) is 45.2 Å². The van der Waals surface area contributed by atoms with Crippen molar-refractivity contribution in [3.8, 4) is 0 Å². The van der Waals surface area contributed by atoms with Crippen LogP contribution < -0.4 is 5.32 Å². The fourth-order valence-electron chi connectivity index (χ4n) is 3.62. The molecule has 1 saturated carbocycles. The first-order valence-electron chi connectivity index (χ1n) is 7.12. The van der Waals surface area contributed by atoms with E-state index in [1.54, 1.807) is 0 Å². The lowest BCUT2D eigenvalue weighted by atomic mass is 9.84. The second-order valence-corrected chi connectivity index (χ2v) is 6.06. The van der Waals surface area contributed by atoms with Crippen molar-refractivity contribution in [3.63, 3.8) is 0 Å².